The molecule has 0 heterocycles. The lowest BCUT2D eigenvalue weighted by Gasteiger charge is -2.21. The highest BCUT2D eigenvalue weighted by Gasteiger charge is 2.13. The van der Waals surface area contributed by atoms with Gasteiger partial charge in [0.2, 0.25) is 0 Å². The number of anilines is 2. The van der Waals surface area contributed by atoms with Gasteiger partial charge in [0.05, 0.1) is 10.7 Å². The molecule has 0 aliphatic heterocycles. The molecule has 2 rings (SSSR count). The summed E-state index contributed by atoms with van der Waals surface area (Å²) in [5.74, 6) is -0.315. The number of benzene rings is 2. The van der Waals surface area contributed by atoms with E-state index in [2.05, 4.69) is 6.92 Å². The fraction of sp³-hybridized carbons (Fsp3) is 0.200. The Labute approximate surface area is 112 Å². The van der Waals surface area contributed by atoms with Crippen molar-refractivity contribution in [3.63, 3.8) is 0 Å². The predicted octanol–water partition coefficient (Wildman–Crippen LogP) is 4.81. The first kappa shape index (κ1) is 12.9. The normalized spacial score (nSPS) is 10.4. The average molecular weight is 264 g/mol. The number of hydrogen-bond acceptors (Lipinski definition) is 1. The van der Waals surface area contributed by atoms with Crippen molar-refractivity contribution in [3.8, 4) is 0 Å². The zero-order chi connectivity index (χ0) is 13.1. The molecule has 0 saturated heterocycles. The van der Waals surface area contributed by atoms with E-state index in [9.17, 15) is 4.39 Å². The second kappa shape index (κ2) is 5.40. The van der Waals surface area contributed by atoms with Crippen molar-refractivity contribution in [2.45, 2.75) is 13.3 Å². The molecule has 0 saturated carbocycles. The highest BCUT2D eigenvalue weighted by molar-refractivity contribution is 6.33. The fourth-order valence-electron chi connectivity index (χ4n) is 1.89. The van der Waals surface area contributed by atoms with E-state index in [0.29, 0.717) is 10.7 Å². The number of nitrogens with zero attached hydrogens (tertiary/aromatic N) is 1. The molecule has 0 amide bonds. The number of aryl methyl sites for hydroxylation is 1. The summed E-state index contributed by atoms with van der Waals surface area (Å²) in [6.07, 6.45) is 0.991. The van der Waals surface area contributed by atoms with Crippen LogP contribution in [0.3, 0.4) is 0 Å². The van der Waals surface area contributed by atoms with E-state index in [1.807, 2.05) is 31.3 Å². The summed E-state index contributed by atoms with van der Waals surface area (Å²) in [5.41, 5.74) is 2.58. The topological polar surface area (TPSA) is 3.24 Å². The Kier molecular flexibility index (Phi) is 3.87. The quantitative estimate of drug-likeness (QED) is 0.768. The molecule has 1 nitrogen and oxygen atoms in total. The third kappa shape index (κ3) is 2.49. The van der Waals surface area contributed by atoms with E-state index in [4.69, 9.17) is 11.6 Å². The van der Waals surface area contributed by atoms with E-state index in [1.54, 1.807) is 17.0 Å². The van der Waals surface area contributed by atoms with Crippen LogP contribution in [0, 0.1) is 5.82 Å². The van der Waals surface area contributed by atoms with Gasteiger partial charge in [-0.15, -0.1) is 0 Å². The van der Waals surface area contributed by atoms with Gasteiger partial charge >= 0.3 is 0 Å². The number of halogens is 2. The van der Waals surface area contributed by atoms with Gasteiger partial charge in [-0.2, -0.15) is 0 Å². The molecule has 2 aromatic rings. The van der Waals surface area contributed by atoms with Crippen LogP contribution in [0.25, 0.3) is 0 Å². The van der Waals surface area contributed by atoms with E-state index >= 15 is 0 Å². The lowest BCUT2D eigenvalue weighted by Crippen LogP contribution is -2.11. The maximum absolute atomic E-state index is 13.8. The Morgan fingerprint density at radius 1 is 1.11 bits per heavy atom. The summed E-state index contributed by atoms with van der Waals surface area (Å²) in [6, 6.07) is 12.7. The van der Waals surface area contributed by atoms with Gasteiger partial charge in [-0.05, 0) is 36.2 Å². The van der Waals surface area contributed by atoms with Crippen LogP contribution in [0.4, 0.5) is 15.8 Å². The zero-order valence-corrected chi connectivity index (χ0v) is 11.2. The SMILES string of the molecule is CCc1ccc(N(C)c2c(F)cccc2Cl)cc1. The van der Waals surface area contributed by atoms with E-state index < -0.39 is 0 Å². The van der Waals surface area contributed by atoms with Crippen molar-refractivity contribution in [2.24, 2.45) is 0 Å². The summed E-state index contributed by atoms with van der Waals surface area (Å²) < 4.78 is 13.8. The van der Waals surface area contributed by atoms with Gasteiger partial charge in [0.25, 0.3) is 0 Å². The van der Waals surface area contributed by atoms with Crippen LogP contribution in [0.2, 0.25) is 5.02 Å². The molecular formula is C15H15ClFN. The number of para-hydroxylation sites is 1. The molecule has 0 fully saturated rings. The van der Waals surface area contributed by atoms with Crippen molar-refractivity contribution in [1.29, 1.82) is 0 Å². The van der Waals surface area contributed by atoms with E-state index in [-0.39, 0.29) is 5.82 Å². The summed E-state index contributed by atoms with van der Waals surface area (Å²) in [5, 5.41) is 0.414. The van der Waals surface area contributed by atoms with Gasteiger partial charge < -0.3 is 4.90 Å². The lowest BCUT2D eigenvalue weighted by molar-refractivity contribution is 0.628. The van der Waals surface area contributed by atoms with Crippen LogP contribution in [0.5, 0.6) is 0 Å². The highest BCUT2D eigenvalue weighted by Crippen LogP contribution is 2.32. The van der Waals surface area contributed by atoms with Crippen molar-refractivity contribution in [1.82, 2.24) is 0 Å². The second-order valence-electron chi connectivity index (χ2n) is 4.15. The van der Waals surface area contributed by atoms with Gasteiger partial charge in [0.1, 0.15) is 5.82 Å². The van der Waals surface area contributed by atoms with Gasteiger partial charge in [-0.1, -0.05) is 36.7 Å². The third-order valence-electron chi connectivity index (χ3n) is 3.00. The molecule has 0 bridgehead atoms. The van der Waals surface area contributed by atoms with E-state index in [0.717, 1.165) is 12.1 Å². The van der Waals surface area contributed by atoms with Crippen LogP contribution in [0.15, 0.2) is 42.5 Å². The molecule has 0 unspecified atom stereocenters. The number of rotatable bonds is 3. The molecule has 0 aliphatic carbocycles. The van der Waals surface area contributed by atoms with Crippen LogP contribution >= 0.6 is 11.6 Å². The second-order valence-corrected chi connectivity index (χ2v) is 4.56. The molecule has 3 heteroatoms. The van der Waals surface area contributed by atoms with Gasteiger partial charge in [-0.25, -0.2) is 4.39 Å². The maximum atomic E-state index is 13.8. The maximum Gasteiger partial charge on any atom is 0.148 e. The van der Waals surface area contributed by atoms with Crippen LogP contribution < -0.4 is 4.90 Å². The first-order valence-electron chi connectivity index (χ1n) is 5.90. The minimum absolute atomic E-state index is 0.315. The Balaban J connectivity index is 2.38. The summed E-state index contributed by atoms with van der Waals surface area (Å²) in [7, 11) is 1.81. The van der Waals surface area contributed by atoms with Crippen molar-refractivity contribution in [3.05, 3.63) is 58.9 Å². The molecule has 18 heavy (non-hydrogen) atoms. The Morgan fingerprint density at radius 3 is 2.33 bits per heavy atom. The molecule has 0 aromatic heterocycles. The summed E-state index contributed by atoms with van der Waals surface area (Å²) in [4.78, 5) is 1.76. The van der Waals surface area contributed by atoms with Gasteiger partial charge in [0.15, 0.2) is 0 Å². The van der Waals surface area contributed by atoms with Crippen molar-refractivity contribution >= 4 is 23.0 Å². The number of hydrogen-bond donors (Lipinski definition) is 0. The van der Waals surface area contributed by atoms with Crippen molar-refractivity contribution < 1.29 is 4.39 Å². The molecule has 0 aliphatic rings. The first-order chi connectivity index (χ1) is 8.63. The third-order valence-corrected chi connectivity index (χ3v) is 3.31. The fourth-order valence-corrected chi connectivity index (χ4v) is 2.18. The molecule has 0 N–H and O–H groups in total. The smallest absolute Gasteiger partial charge is 0.148 e. The summed E-state index contributed by atoms with van der Waals surface area (Å²) in [6.45, 7) is 2.10. The zero-order valence-electron chi connectivity index (χ0n) is 10.5. The van der Waals surface area contributed by atoms with Gasteiger partial charge in [-0.3, -0.25) is 0 Å². The summed E-state index contributed by atoms with van der Waals surface area (Å²) >= 11 is 6.05. The molecule has 2 aromatic carbocycles. The lowest BCUT2D eigenvalue weighted by atomic mass is 10.1. The minimum Gasteiger partial charge on any atom is -0.341 e. The van der Waals surface area contributed by atoms with Gasteiger partial charge in [0, 0.05) is 12.7 Å². The minimum atomic E-state index is -0.315. The predicted molar refractivity (Wildman–Crippen MR) is 75.3 cm³/mol. The first-order valence-corrected chi connectivity index (χ1v) is 6.28. The van der Waals surface area contributed by atoms with E-state index in [1.165, 1.54) is 11.6 Å². The molecule has 0 spiro atoms. The standard InChI is InChI=1S/C15H15ClFN/c1-3-11-7-9-12(10-8-11)18(2)15-13(16)5-4-6-14(15)17/h4-10H,3H2,1-2H3. The molecule has 94 valence electrons. The Hall–Kier alpha value is -1.54. The highest BCUT2D eigenvalue weighted by atomic mass is 35.5. The Morgan fingerprint density at radius 2 is 1.78 bits per heavy atom. The Bertz CT molecular complexity index is 516. The average Bonchev–Trinajstić information content (AvgIpc) is 2.38. The molecule has 0 atom stereocenters. The van der Waals surface area contributed by atoms with Crippen LogP contribution in [-0.4, -0.2) is 7.05 Å². The largest absolute Gasteiger partial charge is 0.341 e. The molecular weight excluding hydrogens is 249 g/mol. The monoisotopic (exact) mass is 263 g/mol. The van der Waals surface area contributed by atoms with Crippen LogP contribution in [0.1, 0.15) is 12.5 Å². The van der Waals surface area contributed by atoms with Crippen molar-refractivity contribution in [2.75, 3.05) is 11.9 Å². The van der Waals surface area contributed by atoms with Crippen LogP contribution in [-0.2, 0) is 6.42 Å². The molecule has 0 radical (unpaired) electrons.